The topological polar surface area (TPSA) is 77.2 Å². The lowest BCUT2D eigenvalue weighted by molar-refractivity contribution is -0.113. The van der Waals surface area contributed by atoms with Crippen LogP contribution in [-0.4, -0.2) is 21.9 Å². The Hall–Kier alpha value is -2.81. The lowest BCUT2D eigenvalue weighted by atomic mass is 10.3. The standard InChI is InChI=1S/C20H14ClN3O3S2/c21-13-8-9-16(26-14-5-2-1-3-6-14)15(11-13)22-18(25)12-29-20-24-23-19(27-20)17-7-4-10-28-17/h1-11H,12H2,(H,22,25). The number of carbonyl (C=O) groups excluding carboxylic acids is 1. The number of hydrogen-bond acceptors (Lipinski definition) is 7. The molecule has 6 nitrogen and oxygen atoms in total. The average molecular weight is 444 g/mol. The molecule has 0 aliphatic carbocycles. The van der Waals surface area contributed by atoms with Crippen LogP contribution in [0.3, 0.4) is 0 Å². The van der Waals surface area contributed by atoms with Crippen molar-refractivity contribution in [1.29, 1.82) is 0 Å². The highest BCUT2D eigenvalue weighted by Gasteiger charge is 2.14. The molecular weight excluding hydrogens is 430 g/mol. The third-order valence-corrected chi connectivity index (χ3v) is 5.56. The smallest absolute Gasteiger partial charge is 0.277 e. The molecule has 0 saturated heterocycles. The molecule has 2 heterocycles. The largest absolute Gasteiger partial charge is 0.455 e. The molecule has 0 spiro atoms. The molecule has 1 amide bonds. The predicted molar refractivity (Wildman–Crippen MR) is 115 cm³/mol. The Kier molecular flexibility index (Phi) is 6.14. The van der Waals surface area contributed by atoms with Gasteiger partial charge in [-0.15, -0.1) is 21.5 Å². The number of hydrogen-bond donors (Lipinski definition) is 1. The van der Waals surface area contributed by atoms with E-state index in [1.807, 2.05) is 47.8 Å². The number of amides is 1. The van der Waals surface area contributed by atoms with Crippen molar-refractivity contribution in [1.82, 2.24) is 10.2 Å². The number of para-hydroxylation sites is 1. The number of halogens is 1. The third kappa shape index (κ3) is 5.17. The van der Waals surface area contributed by atoms with E-state index in [1.54, 1.807) is 18.2 Å². The van der Waals surface area contributed by atoms with Crippen molar-refractivity contribution in [3.63, 3.8) is 0 Å². The van der Waals surface area contributed by atoms with E-state index >= 15 is 0 Å². The third-order valence-electron chi connectivity index (χ3n) is 3.65. The molecule has 0 atom stereocenters. The fraction of sp³-hybridized carbons (Fsp3) is 0.0500. The van der Waals surface area contributed by atoms with Gasteiger partial charge in [-0.2, -0.15) is 0 Å². The van der Waals surface area contributed by atoms with Gasteiger partial charge < -0.3 is 14.5 Å². The van der Waals surface area contributed by atoms with Crippen molar-refractivity contribution in [2.75, 3.05) is 11.1 Å². The SMILES string of the molecule is O=C(CSc1nnc(-c2cccs2)o1)Nc1cc(Cl)ccc1Oc1ccccc1. The summed E-state index contributed by atoms with van der Waals surface area (Å²) in [6, 6.07) is 18.2. The van der Waals surface area contributed by atoms with E-state index in [4.69, 9.17) is 20.8 Å². The minimum Gasteiger partial charge on any atom is -0.455 e. The van der Waals surface area contributed by atoms with E-state index in [1.165, 1.54) is 11.3 Å². The van der Waals surface area contributed by atoms with Crippen LogP contribution >= 0.6 is 34.7 Å². The maximum atomic E-state index is 12.4. The molecule has 0 fully saturated rings. The van der Waals surface area contributed by atoms with E-state index in [9.17, 15) is 4.79 Å². The highest BCUT2D eigenvalue weighted by Crippen LogP contribution is 2.32. The molecule has 146 valence electrons. The number of anilines is 1. The first-order chi connectivity index (χ1) is 14.2. The Bertz CT molecular complexity index is 1100. The Morgan fingerprint density at radius 2 is 2.00 bits per heavy atom. The molecule has 1 N–H and O–H groups in total. The molecular formula is C20H14ClN3O3S2. The van der Waals surface area contributed by atoms with Gasteiger partial charge in [-0.3, -0.25) is 4.79 Å². The van der Waals surface area contributed by atoms with Gasteiger partial charge in [0.2, 0.25) is 5.91 Å². The monoisotopic (exact) mass is 443 g/mol. The number of rotatable bonds is 7. The first-order valence-electron chi connectivity index (χ1n) is 8.50. The summed E-state index contributed by atoms with van der Waals surface area (Å²) in [4.78, 5) is 13.3. The summed E-state index contributed by atoms with van der Waals surface area (Å²) in [5.41, 5.74) is 0.483. The molecule has 4 aromatic rings. The normalized spacial score (nSPS) is 10.7. The van der Waals surface area contributed by atoms with Crippen molar-refractivity contribution in [3.05, 3.63) is 71.1 Å². The van der Waals surface area contributed by atoms with Crippen molar-refractivity contribution in [2.45, 2.75) is 5.22 Å². The molecule has 0 aliphatic rings. The minimum absolute atomic E-state index is 0.101. The van der Waals surface area contributed by atoms with Crippen LogP contribution in [-0.2, 0) is 4.79 Å². The molecule has 9 heteroatoms. The quantitative estimate of drug-likeness (QED) is 0.354. The van der Waals surface area contributed by atoms with Crippen LogP contribution in [0.1, 0.15) is 0 Å². The summed E-state index contributed by atoms with van der Waals surface area (Å²) in [5.74, 6) is 1.45. The van der Waals surface area contributed by atoms with Gasteiger partial charge in [0, 0.05) is 5.02 Å². The van der Waals surface area contributed by atoms with Crippen LogP contribution in [0, 0.1) is 0 Å². The maximum absolute atomic E-state index is 12.4. The summed E-state index contributed by atoms with van der Waals surface area (Å²) < 4.78 is 11.4. The summed E-state index contributed by atoms with van der Waals surface area (Å²) in [6.45, 7) is 0. The lowest BCUT2D eigenvalue weighted by Crippen LogP contribution is -2.14. The summed E-state index contributed by atoms with van der Waals surface area (Å²) in [7, 11) is 0. The van der Waals surface area contributed by atoms with Crippen LogP contribution in [0.5, 0.6) is 11.5 Å². The first kappa shape index (κ1) is 19.5. The van der Waals surface area contributed by atoms with Crippen molar-refractivity contribution in [2.24, 2.45) is 0 Å². The van der Waals surface area contributed by atoms with E-state index in [-0.39, 0.29) is 11.7 Å². The Balaban J connectivity index is 1.40. The molecule has 0 unspecified atom stereocenters. The van der Waals surface area contributed by atoms with E-state index in [0.29, 0.717) is 33.3 Å². The van der Waals surface area contributed by atoms with E-state index in [0.717, 1.165) is 16.6 Å². The molecule has 0 aliphatic heterocycles. The van der Waals surface area contributed by atoms with Gasteiger partial charge in [-0.25, -0.2) is 0 Å². The second-order valence-electron chi connectivity index (χ2n) is 5.74. The second kappa shape index (κ2) is 9.13. The van der Waals surface area contributed by atoms with Crippen LogP contribution in [0.15, 0.2) is 75.7 Å². The first-order valence-corrected chi connectivity index (χ1v) is 10.7. The number of carbonyl (C=O) groups is 1. The predicted octanol–water partition coefficient (Wildman–Crippen LogP) is 5.97. The number of thiophene rings is 1. The fourth-order valence-electron chi connectivity index (χ4n) is 2.39. The zero-order valence-corrected chi connectivity index (χ0v) is 17.3. The Labute approximate surface area is 179 Å². The summed E-state index contributed by atoms with van der Waals surface area (Å²) in [6.07, 6.45) is 0. The number of nitrogens with one attached hydrogen (secondary N) is 1. The number of nitrogens with zero attached hydrogens (tertiary/aromatic N) is 2. The lowest BCUT2D eigenvalue weighted by Gasteiger charge is -2.12. The van der Waals surface area contributed by atoms with Crippen LogP contribution in [0.25, 0.3) is 10.8 Å². The van der Waals surface area contributed by atoms with Crippen LogP contribution < -0.4 is 10.1 Å². The molecule has 29 heavy (non-hydrogen) atoms. The van der Waals surface area contributed by atoms with Gasteiger partial charge in [0.25, 0.3) is 11.1 Å². The Morgan fingerprint density at radius 3 is 2.79 bits per heavy atom. The van der Waals surface area contributed by atoms with Gasteiger partial charge in [0.15, 0.2) is 5.75 Å². The van der Waals surface area contributed by atoms with Gasteiger partial charge in [0.1, 0.15) is 5.75 Å². The highest BCUT2D eigenvalue weighted by molar-refractivity contribution is 7.99. The Morgan fingerprint density at radius 1 is 1.14 bits per heavy atom. The summed E-state index contributed by atoms with van der Waals surface area (Å²) in [5, 5.41) is 13.5. The van der Waals surface area contributed by atoms with Crippen LogP contribution in [0.4, 0.5) is 5.69 Å². The molecule has 0 saturated carbocycles. The number of aromatic nitrogens is 2. The van der Waals surface area contributed by atoms with Crippen LogP contribution in [0.2, 0.25) is 5.02 Å². The average Bonchev–Trinajstić information content (AvgIpc) is 3.41. The zero-order valence-electron chi connectivity index (χ0n) is 14.9. The molecule has 0 radical (unpaired) electrons. The molecule has 2 aromatic carbocycles. The number of thioether (sulfide) groups is 1. The zero-order chi connectivity index (χ0) is 20.1. The van der Waals surface area contributed by atoms with Gasteiger partial charge >= 0.3 is 0 Å². The van der Waals surface area contributed by atoms with E-state index < -0.39 is 0 Å². The number of ether oxygens (including phenoxy) is 1. The molecule has 2 aromatic heterocycles. The second-order valence-corrected chi connectivity index (χ2v) is 8.05. The van der Waals surface area contributed by atoms with Gasteiger partial charge in [-0.1, -0.05) is 47.6 Å². The minimum atomic E-state index is -0.244. The van der Waals surface area contributed by atoms with E-state index in [2.05, 4.69) is 15.5 Å². The van der Waals surface area contributed by atoms with Gasteiger partial charge in [-0.05, 0) is 41.8 Å². The molecule has 0 bridgehead atoms. The van der Waals surface area contributed by atoms with Crippen molar-refractivity contribution in [3.8, 4) is 22.3 Å². The number of benzene rings is 2. The summed E-state index contributed by atoms with van der Waals surface area (Å²) >= 11 is 8.75. The highest BCUT2D eigenvalue weighted by atomic mass is 35.5. The van der Waals surface area contributed by atoms with Gasteiger partial charge in [0.05, 0.1) is 16.3 Å². The molecule has 4 rings (SSSR count). The van der Waals surface area contributed by atoms with Crippen molar-refractivity contribution >= 4 is 46.3 Å². The maximum Gasteiger partial charge on any atom is 0.277 e. The van der Waals surface area contributed by atoms with Crippen molar-refractivity contribution < 1.29 is 13.9 Å². The fourth-order valence-corrected chi connectivity index (χ4v) is 3.77.